The SMILES string of the molecule is CN(CCN1CCCC1)C(=O)C1CCCC1N. The van der Waals surface area contributed by atoms with E-state index in [1.54, 1.807) is 0 Å². The Labute approximate surface area is 104 Å². The second kappa shape index (κ2) is 5.83. The van der Waals surface area contributed by atoms with Gasteiger partial charge >= 0.3 is 0 Å². The van der Waals surface area contributed by atoms with Crippen molar-refractivity contribution in [2.75, 3.05) is 33.2 Å². The van der Waals surface area contributed by atoms with E-state index in [9.17, 15) is 4.79 Å². The molecule has 0 spiro atoms. The van der Waals surface area contributed by atoms with Gasteiger partial charge in [-0.05, 0) is 38.8 Å². The molecule has 1 heterocycles. The molecule has 1 aliphatic heterocycles. The second-order valence-electron chi connectivity index (χ2n) is 5.51. The van der Waals surface area contributed by atoms with E-state index in [0.717, 1.165) is 32.4 Å². The first-order valence-corrected chi connectivity index (χ1v) is 6.91. The van der Waals surface area contributed by atoms with Crippen molar-refractivity contribution in [3.8, 4) is 0 Å². The summed E-state index contributed by atoms with van der Waals surface area (Å²) < 4.78 is 0. The first kappa shape index (κ1) is 12.8. The van der Waals surface area contributed by atoms with Crippen LogP contribution in [0.15, 0.2) is 0 Å². The third kappa shape index (κ3) is 3.19. The summed E-state index contributed by atoms with van der Waals surface area (Å²) in [5, 5.41) is 0. The summed E-state index contributed by atoms with van der Waals surface area (Å²) in [5.74, 6) is 0.341. The van der Waals surface area contributed by atoms with Gasteiger partial charge in [0, 0.05) is 26.2 Å². The van der Waals surface area contributed by atoms with Gasteiger partial charge in [-0.3, -0.25) is 4.79 Å². The molecule has 1 saturated carbocycles. The van der Waals surface area contributed by atoms with Crippen molar-refractivity contribution < 1.29 is 4.79 Å². The summed E-state index contributed by atoms with van der Waals surface area (Å²) in [5.41, 5.74) is 5.98. The number of carbonyl (C=O) groups is 1. The predicted octanol–water partition coefficient (Wildman–Crippen LogP) is 0.668. The van der Waals surface area contributed by atoms with E-state index in [2.05, 4.69) is 4.90 Å². The van der Waals surface area contributed by atoms with Crippen LogP contribution in [0.5, 0.6) is 0 Å². The number of nitrogens with zero attached hydrogens (tertiary/aromatic N) is 2. The lowest BCUT2D eigenvalue weighted by Gasteiger charge is -2.25. The van der Waals surface area contributed by atoms with Crippen LogP contribution in [0, 0.1) is 5.92 Å². The van der Waals surface area contributed by atoms with Crippen LogP contribution in [0.3, 0.4) is 0 Å². The van der Waals surface area contributed by atoms with Crippen LogP contribution in [0.25, 0.3) is 0 Å². The van der Waals surface area contributed by atoms with Crippen molar-refractivity contribution in [1.82, 2.24) is 9.80 Å². The molecule has 2 unspecified atom stereocenters. The number of likely N-dealkylation sites (N-methyl/N-ethyl adjacent to an activating group) is 1. The normalized spacial score (nSPS) is 29.8. The summed E-state index contributed by atoms with van der Waals surface area (Å²) >= 11 is 0. The number of hydrogen-bond acceptors (Lipinski definition) is 3. The van der Waals surface area contributed by atoms with E-state index < -0.39 is 0 Å². The molecule has 0 aromatic carbocycles. The average molecular weight is 239 g/mol. The van der Waals surface area contributed by atoms with Gasteiger partial charge in [-0.15, -0.1) is 0 Å². The van der Waals surface area contributed by atoms with Gasteiger partial charge in [0.1, 0.15) is 0 Å². The zero-order valence-corrected chi connectivity index (χ0v) is 10.9. The Morgan fingerprint density at radius 3 is 2.59 bits per heavy atom. The molecule has 0 radical (unpaired) electrons. The molecule has 2 atom stereocenters. The van der Waals surface area contributed by atoms with Gasteiger partial charge in [0.15, 0.2) is 0 Å². The maximum atomic E-state index is 12.2. The molecule has 2 rings (SSSR count). The van der Waals surface area contributed by atoms with Crippen molar-refractivity contribution in [1.29, 1.82) is 0 Å². The molecule has 1 aliphatic carbocycles. The molecule has 4 heteroatoms. The fraction of sp³-hybridized carbons (Fsp3) is 0.923. The minimum atomic E-state index is 0.0820. The van der Waals surface area contributed by atoms with E-state index in [-0.39, 0.29) is 17.9 Å². The highest BCUT2D eigenvalue weighted by Gasteiger charge is 2.32. The maximum Gasteiger partial charge on any atom is 0.227 e. The summed E-state index contributed by atoms with van der Waals surface area (Å²) in [6.45, 7) is 4.27. The zero-order chi connectivity index (χ0) is 12.3. The molecule has 1 amide bonds. The van der Waals surface area contributed by atoms with Crippen molar-refractivity contribution >= 4 is 5.91 Å². The Balaban J connectivity index is 1.74. The first-order chi connectivity index (χ1) is 8.18. The first-order valence-electron chi connectivity index (χ1n) is 6.91. The van der Waals surface area contributed by atoms with Gasteiger partial charge in [0.25, 0.3) is 0 Å². The van der Waals surface area contributed by atoms with Crippen LogP contribution in [-0.2, 0) is 4.79 Å². The quantitative estimate of drug-likeness (QED) is 0.784. The lowest BCUT2D eigenvalue weighted by Crippen LogP contribution is -2.42. The second-order valence-corrected chi connectivity index (χ2v) is 5.51. The van der Waals surface area contributed by atoms with Crippen LogP contribution in [0.1, 0.15) is 32.1 Å². The smallest absolute Gasteiger partial charge is 0.227 e. The largest absolute Gasteiger partial charge is 0.344 e. The van der Waals surface area contributed by atoms with E-state index in [0.29, 0.717) is 0 Å². The van der Waals surface area contributed by atoms with Crippen molar-refractivity contribution in [2.24, 2.45) is 11.7 Å². The van der Waals surface area contributed by atoms with Gasteiger partial charge in [-0.25, -0.2) is 0 Å². The van der Waals surface area contributed by atoms with Crippen molar-refractivity contribution in [3.05, 3.63) is 0 Å². The Hall–Kier alpha value is -0.610. The predicted molar refractivity (Wildman–Crippen MR) is 68.6 cm³/mol. The minimum Gasteiger partial charge on any atom is -0.344 e. The number of likely N-dealkylation sites (tertiary alicyclic amines) is 1. The molecule has 0 bridgehead atoms. The molecule has 2 aliphatic rings. The highest BCUT2D eigenvalue weighted by Crippen LogP contribution is 2.25. The number of hydrogen-bond donors (Lipinski definition) is 1. The highest BCUT2D eigenvalue weighted by atomic mass is 16.2. The maximum absolute atomic E-state index is 12.2. The average Bonchev–Trinajstić information content (AvgIpc) is 2.95. The minimum absolute atomic E-state index is 0.0820. The van der Waals surface area contributed by atoms with E-state index in [1.165, 1.54) is 25.9 Å². The fourth-order valence-corrected chi connectivity index (χ4v) is 2.99. The molecule has 1 saturated heterocycles. The third-order valence-electron chi connectivity index (χ3n) is 4.21. The van der Waals surface area contributed by atoms with Gasteiger partial charge in [-0.1, -0.05) is 6.42 Å². The van der Waals surface area contributed by atoms with E-state index in [1.807, 2.05) is 11.9 Å². The lowest BCUT2D eigenvalue weighted by molar-refractivity contribution is -0.134. The summed E-state index contributed by atoms with van der Waals surface area (Å²) in [7, 11) is 1.92. The molecule has 0 aromatic rings. The van der Waals surface area contributed by atoms with Gasteiger partial charge in [0.05, 0.1) is 5.92 Å². The summed E-state index contributed by atoms with van der Waals surface area (Å²) in [6.07, 6.45) is 5.72. The van der Waals surface area contributed by atoms with E-state index in [4.69, 9.17) is 5.73 Å². The monoisotopic (exact) mass is 239 g/mol. The molecule has 4 nitrogen and oxygen atoms in total. The molecule has 2 N–H and O–H groups in total. The van der Waals surface area contributed by atoms with E-state index >= 15 is 0 Å². The van der Waals surface area contributed by atoms with Gasteiger partial charge in [0.2, 0.25) is 5.91 Å². The van der Waals surface area contributed by atoms with Crippen molar-refractivity contribution in [2.45, 2.75) is 38.1 Å². The Morgan fingerprint density at radius 2 is 2.00 bits per heavy atom. The Morgan fingerprint density at radius 1 is 1.29 bits per heavy atom. The number of rotatable bonds is 4. The van der Waals surface area contributed by atoms with Crippen LogP contribution in [-0.4, -0.2) is 55.0 Å². The molecule has 98 valence electrons. The molecule has 2 fully saturated rings. The fourth-order valence-electron chi connectivity index (χ4n) is 2.99. The zero-order valence-electron chi connectivity index (χ0n) is 10.9. The molecule has 17 heavy (non-hydrogen) atoms. The summed E-state index contributed by atoms with van der Waals surface area (Å²) in [4.78, 5) is 16.5. The van der Waals surface area contributed by atoms with Crippen LogP contribution < -0.4 is 5.73 Å². The van der Waals surface area contributed by atoms with Crippen LogP contribution in [0.4, 0.5) is 0 Å². The van der Waals surface area contributed by atoms with Crippen LogP contribution in [0.2, 0.25) is 0 Å². The standard InChI is InChI=1S/C13H25N3O/c1-15(9-10-16-7-2-3-8-16)13(17)11-5-4-6-12(11)14/h11-12H,2-10,14H2,1H3. The number of amides is 1. The van der Waals surface area contributed by atoms with Crippen LogP contribution >= 0.6 is 0 Å². The number of nitrogens with two attached hydrogens (primary N) is 1. The van der Waals surface area contributed by atoms with Gasteiger partial charge < -0.3 is 15.5 Å². The third-order valence-corrected chi connectivity index (χ3v) is 4.21. The highest BCUT2D eigenvalue weighted by molar-refractivity contribution is 5.79. The lowest BCUT2D eigenvalue weighted by atomic mass is 10.0. The molecular formula is C13H25N3O. The number of carbonyl (C=O) groups excluding carboxylic acids is 1. The molecule has 0 aromatic heterocycles. The Bertz CT molecular complexity index is 263. The molecular weight excluding hydrogens is 214 g/mol. The Kier molecular flexibility index (Phi) is 4.40. The summed E-state index contributed by atoms with van der Waals surface area (Å²) in [6, 6.07) is 0.0942. The van der Waals surface area contributed by atoms with Crippen molar-refractivity contribution in [3.63, 3.8) is 0 Å². The van der Waals surface area contributed by atoms with Gasteiger partial charge in [-0.2, -0.15) is 0 Å². The topological polar surface area (TPSA) is 49.6 Å².